The van der Waals surface area contributed by atoms with Crippen molar-refractivity contribution in [2.75, 3.05) is 27.2 Å². The Balaban J connectivity index is 2.30. The van der Waals surface area contributed by atoms with E-state index in [0.29, 0.717) is 6.54 Å². The molecule has 0 bridgehead atoms. The predicted octanol–water partition coefficient (Wildman–Crippen LogP) is 2.64. The van der Waals surface area contributed by atoms with Crippen LogP contribution in [0.25, 0.3) is 0 Å². The van der Waals surface area contributed by atoms with Crippen LogP contribution in [-0.2, 0) is 11.2 Å². The highest BCUT2D eigenvalue weighted by Gasteiger charge is 2.16. The summed E-state index contributed by atoms with van der Waals surface area (Å²) in [4.78, 5) is 5.55. The zero-order valence-electron chi connectivity index (χ0n) is 11.9. The van der Waals surface area contributed by atoms with Crippen LogP contribution in [0.5, 0.6) is 0 Å². The molecule has 108 valence electrons. The van der Waals surface area contributed by atoms with Crippen LogP contribution >= 0.6 is 27.3 Å². The van der Waals surface area contributed by atoms with E-state index in [-0.39, 0.29) is 5.60 Å². The molecule has 0 unspecified atom stereocenters. The van der Waals surface area contributed by atoms with Gasteiger partial charge in [0, 0.05) is 32.1 Å². The molecule has 0 atom stereocenters. The van der Waals surface area contributed by atoms with Gasteiger partial charge < -0.3 is 15.4 Å². The molecular weight excluding hydrogens is 326 g/mol. The van der Waals surface area contributed by atoms with Gasteiger partial charge >= 0.3 is 0 Å². The first-order valence-electron chi connectivity index (χ1n) is 6.21. The van der Waals surface area contributed by atoms with Gasteiger partial charge in [0.2, 0.25) is 0 Å². The van der Waals surface area contributed by atoms with Gasteiger partial charge in [0.25, 0.3) is 0 Å². The SMILES string of the molecule is CN=C(NCCc1ccc(Br)s1)NCC(C)(C)OC. The van der Waals surface area contributed by atoms with Gasteiger partial charge in [-0.2, -0.15) is 0 Å². The highest BCUT2D eigenvalue weighted by Crippen LogP contribution is 2.21. The third-order valence-corrected chi connectivity index (χ3v) is 4.43. The quantitative estimate of drug-likeness (QED) is 0.614. The van der Waals surface area contributed by atoms with Crippen LogP contribution in [0.15, 0.2) is 20.9 Å². The van der Waals surface area contributed by atoms with E-state index < -0.39 is 0 Å². The van der Waals surface area contributed by atoms with Gasteiger partial charge in [-0.1, -0.05) is 0 Å². The molecule has 0 aromatic carbocycles. The van der Waals surface area contributed by atoms with Crippen molar-refractivity contribution in [3.63, 3.8) is 0 Å². The Kier molecular flexibility index (Phi) is 6.82. The molecule has 1 aromatic heterocycles. The topological polar surface area (TPSA) is 45.7 Å². The molecule has 1 aromatic rings. The Morgan fingerprint density at radius 3 is 2.68 bits per heavy atom. The summed E-state index contributed by atoms with van der Waals surface area (Å²) in [7, 11) is 3.49. The van der Waals surface area contributed by atoms with Crippen LogP contribution in [0.4, 0.5) is 0 Å². The van der Waals surface area contributed by atoms with Crippen LogP contribution < -0.4 is 10.6 Å². The summed E-state index contributed by atoms with van der Waals surface area (Å²) in [6.07, 6.45) is 0.991. The molecule has 1 heterocycles. The number of aliphatic imine (C=N–C) groups is 1. The summed E-state index contributed by atoms with van der Waals surface area (Å²) in [5.74, 6) is 0.806. The van der Waals surface area contributed by atoms with E-state index in [9.17, 15) is 0 Å². The van der Waals surface area contributed by atoms with E-state index in [0.717, 1.165) is 18.9 Å². The average Bonchev–Trinajstić information content (AvgIpc) is 2.79. The lowest BCUT2D eigenvalue weighted by atomic mass is 10.1. The largest absolute Gasteiger partial charge is 0.377 e. The molecule has 0 spiro atoms. The van der Waals surface area contributed by atoms with Gasteiger partial charge in [-0.15, -0.1) is 11.3 Å². The minimum Gasteiger partial charge on any atom is -0.377 e. The van der Waals surface area contributed by atoms with Gasteiger partial charge in [-0.05, 0) is 48.3 Å². The standard InChI is InChI=1S/C13H22BrN3OS/c1-13(2,18-4)9-17-12(15-3)16-8-7-10-5-6-11(14)19-10/h5-6H,7-9H2,1-4H3,(H2,15,16,17). The number of nitrogens with zero attached hydrogens (tertiary/aromatic N) is 1. The van der Waals surface area contributed by atoms with Crippen molar-refractivity contribution in [1.82, 2.24) is 10.6 Å². The lowest BCUT2D eigenvalue weighted by Gasteiger charge is -2.24. The van der Waals surface area contributed by atoms with E-state index >= 15 is 0 Å². The molecule has 0 fully saturated rings. The molecule has 0 aliphatic carbocycles. The molecule has 0 aliphatic rings. The fourth-order valence-electron chi connectivity index (χ4n) is 1.38. The number of nitrogens with one attached hydrogen (secondary N) is 2. The Bertz CT molecular complexity index is 418. The molecule has 0 amide bonds. The van der Waals surface area contributed by atoms with Crippen LogP contribution in [-0.4, -0.2) is 38.8 Å². The Hall–Kier alpha value is -0.590. The molecule has 0 radical (unpaired) electrons. The Labute approximate surface area is 127 Å². The number of ether oxygens (including phenoxy) is 1. The van der Waals surface area contributed by atoms with Gasteiger partial charge in [0.05, 0.1) is 9.39 Å². The monoisotopic (exact) mass is 347 g/mol. The maximum Gasteiger partial charge on any atom is 0.191 e. The number of guanidine groups is 1. The van der Waals surface area contributed by atoms with Crippen molar-refractivity contribution >= 4 is 33.2 Å². The van der Waals surface area contributed by atoms with Crippen molar-refractivity contribution in [2.45, 2.75) is 25.9 Å². The number of halogens is 1. The molecule has 6 heteroatoms. The van der Waals surface area contributed by atoms with E-state index in [2.05, 4.69) is 43.7 Å². The van der Waals surface area contributed by atoms with Crippen molar-refractivity contribution in [3.8, 4) is 0 Å². The minimum absolute atomic E-state index is 0.198. The summed E-state index contributed by atoms with van der Waals surface area (Å²) in [6.45, 7) is 5.65. The third-order valence-electron chi connectivity index (χ3n) is 2.75. The van der Waals surface area contributed by atoms with Gasteiger partial charge in [0.1, 0.15) is 0 Å². The molecule has 2 N–H and O–H groups in total. The summed E-state index contributed by atoms with van der Waals surface area (Å²) in [5.41, 5.74) is -0.198. The molecular formula is C13H22BrN3OS. The lowest BCUT2D eigenvalue weighted by Crippen LogP contribution is -2.45. The van der Waals surface area contributed by atoms with Crippen LogP contribution in [0, 0.1) is 0 Å². The molecule has 0 saturated carbocycles. The van der Waals surface area contributed by atoms with Crippen LogP contribution in [0.2, 0.25) is 0 Å². The van der Waals surface area contributed by atoms with Gasteiger partial charge in [-0.3, -0.25) is 4.99 Å². The number of hydrogen-bond donors (Lipinski definition) is 2. The molecule has 19 heavy (non-hydrogen) atoms. The first-order valence-corrected chi connectivity index (χ1v) is 7.81. The first kappa shape index (κ1) is 16.5. The third kappa shape index (κ3) is 6.40. The normalized spacial score (nSPS) is 12.6. The fraction of sp³-hybridized carbons (Fsp3) is 0.615. The molecule has 0 saturated heterocycles. The van der Waals surface area contributed by atoms with E-state index in [1.54, 1.807) is 25.5 Å². The molecule has 4 nitrogen and oxygen atoms in total. The van der Waals surface area contributed by atoms with Gasteiger partial charge in [0.15, 0.2) is 5.96 Å². The van der Waals surface area contributed by atoms with E-state index in [1.165, 1.54) is 8.66 Å². The van der Waals surface area contributed by atoms with Crippen molar-refractivity contribution in [1.29, 1.82) is 0 Å². The average molecular weight is 348 g/mol. The second kappa shape index (κ2) is 7.87. The first-order chi connectivity index (χ1) is 8.96. The summed E-state index contributed by atoms with van der Waals surface area (Å²) in [6, 6.07) is 4.22. The Morgan fingerprint density at radius 1 is 1.42 bits per heavy atom. The van der Waals surface area contributed by atoms with Crippen molar-refractivity contribution in [2.24, 2.45) is 4.99 Å². The molecule has 1 rings (SSSR count). The second-order valence-electron chi connectivity index (χ2n) is 4.77. The smallest absolute Gasteiger partial charge is 0.191 e. The van der Waals surface area contributed by atoms with Crippen LogP contribution in [0.3, 0.4) is 0 Å². The number of thiophene rings is 1. The zero-order valence-corrected chi connectivity index (χ0v) is 14.3. The summed E-state index contributed by atoms with van der Waals surface area (Å²) in [5, 5.41) is 6.56. The molecule has 0 aliphatic heterocycles. The number of rotatable bonds is 6. The number of hydrogen-bond acceptors (Lipinski definition) is 3. The highest BCUT2D eigenvalue weighted by atomic mass is 79.9. The Morgan fingerprint density at radius 2 is 2.16 bits per heavy atom. The summed E-state index contributed by atoms with van der Waals surface area (Å²) >= 11 is 5.23. The van der Waals surface area contributed by atoms with E-state index in [4.69, 9.17) is 4.74 Å². The van der Waals surface area contributed by atoms with Crippen LogP contribution in [0.1, 0.15) is 18.7 Å². The zero-order chi connectivity index (χ0) is 14.3. The highest BCUT2D eigenvalue weighted by molar-refractivity contribution is 9.11. The summed E-state index contributed by atoms with van der Waals surface area (Å²) < 4.78 is 6.53. The van der Waals surface area contributed by atoms with E-state index in [1.807, 2.05) is 13.8 Å². The fourth-order valence-corrected chi connectivity index (χ4v) is 2.86. The predicted molar refractivity (Wildman–Crippen MR) is 86.2 cm³/mol. The second-order valence-corrected chi connectivity index (χ2v) is 7.32. The maximum absolute atomic E-state index is 5.36. The van der Waals surface area contributed by atoms with Crippen molar-refractivity contribution < 1.29 is 4.74 Å². The minimum atomic E-state index is -0.198. The number of methoxy groups -OCH3 is 1. The van der Waals surface area contributed by atoms with Gasteiger partial charge in [-0.25, -0.2) is 0 Å². The lowest BCUT2D eigenvalue weighted by molar-refractivity contribution is 0.0268. The maximum atomic E-state index is 5.36. The van der Waals surface area contributed by atoms with Crippen molar-refractivity contribution in [3.05, 3.63) is 20.8 Å².